The minimum absolute atomic E-state index is 0.0667. The zero-order valence-electron chi connectivity index (χ0n) is 25.9. The van der Waals surface area contributed by atoms with Gasteiger partial charge in [0.05, 0.1) is 24.3 Å². The molecule has 0 aromatic heterocycles. The quantitative estimate of drug-likeness (QED) is 0.196. The SMILES string of the molecule is CCCC1CCC(C2COC(c3ccc(C(F)(F)Oc4cc(F)c(-c5cc(F)c(C(F)(F)OC(F)(F)F)c(F)c5)c(F)c4)cc3)OC2)CC1. The molecule has 0 spiro atoms. The molecule has 4 nitrogen and oxygen atoms in total. The predicted molar refractivity (Wildman–Crippen MR) is 152 cm³/mol. The van der Waals surface area contributed by atoms with Crippen LogP contribution in [0.1, 0.15) is 68.4 Å². The van der Waals surface area contributed by atoms with E-state index in [2.05, 4.69) is 16.4 Å². The van der Waals surface area contributed by atoms with Crippen molar-refractivity contribution < 1.29 is 67.2 Å². The van der Waals surface area contributed by atoms with Gasteiger partial charge in [0.25, 0.3) is 0 Å². The average molecular weight is 713 g/mol. The van der Waals surface area contributed by atoms with E-state index in [0.29, 0.717) is 24.7 Å². The molecule has 49 heavy (non-hydrogen) atoms. The second-order valence-electron chi connectivity index (χ2n) is 12.2. The number of rotatable bonds is 10. The zero-order chi connectivity index (χ0) is 35.7. The molecule has 0 unspecified atom stereocenters. The molecule has 0 amide bonds. The first kappa shape index (κ1) is 36.8. The van der Waals surface area contributed by atoms with Gasteiger partial charge in [0, 0.05) is 23.6 Å². The molecule has 5 rings (SSSR count). The lowest BCUT2D eigenvalue weighted by molar-refractivity contribution is -0.432. The Hall–Kier alpha value is -3.43. The van der Waals surface area contributed by atoms with Crippen LogP contribution >= 0.6 is 0 Å². The van der Waals surface area contributed by atoms with Crippen LogP contribution in [0.25, 0.3) is 11.1 Å². The van der Waals surface area contributed by atoms with Gasteiger partial charge in [-0.25, -0.2) is 22.3 Å². The molecule has 0 radical (unpaired) electrons. The van der Waals surface area contributed by atoms with E-state index >= 15 is 8.78 Å². The maximum Gasteiger partial charge on any atom is 0.527 e. The van der Waals surface area contributed by atoms with E-state index in [0.717, 1.165) is 30.9 Å². The van der Waals surface area contributed by atoms with Crippen LogP contribution in [0, 0.1) is 41.0 Å². The molecule has 3 aromatic rings. The van der Waals surface area contributed by atoms with Crippen molar-refractivity contribution in [2.45, 2.75) is 70.3 Å². The summed E-state index contributed by atoms with van der Waals surface area (Å²) in [6, 6.07) is 5.04. The highest BCUT2D eigenvalue weighted by atomic mass is 19.4. The second kappa shape index (κ2) is 14.4. The summed E-state index contributed by atoms with van der Waals surface area (Å²) in [5.41, 5.74) is -5.04. The van der Waals surface area contributed by atoms with Crippen LogP contribution in [-0.4, -0.2) is 19.6 Å². The van der Waals surface area contributed by atoms with Crippen molar-refractivity contribution in [3.63, 3.8) is 0 Å². The summed E-state index contributed by atoms with van der Waals surface area (Å²) in [4.78, 5) is 0. The van der Waals surface area contributed by atoms with Crippen LogP contribution in [0.4, 0.5) is 48.3 Å². The Labute approximate surface area is 274 Å². The van der Waals surface area contributed by atoms with Gasteiger partial charge in [-0.1, -0.05) is 44.7 Å². The molecule has 2 fully saturated rings. The van der Waals surface area contributed by atoms with Crippen molar-refractivity contribution >= 4 is 0 Å². The fourth-order valence-electron chi connectivity index (χ4n) is 6.46. The Balaban J connectivity index is 1.24. The first-order chi connectivity index (χ1) is 23.0. The van der Waals surface area contributed by atoms with Crippen LogP contribution in [0.15, 0.2) is 48.5 Å². The third-order valence-electron chi connectivity index (χ3n) is 8.82. The molecule has 3 aromatic carbocycles. The summed E-state index contributed by atoms with van der Waals surface area (Å²) in [5.74, 6) is -7.61. The molecule has 1 saturated carbocycles. The lowest BCUT2D eigenvalue weighted by Crippen LogP contribution is -2.34. The minimum Gasteiger partial charge on any atom is -0.429 e. The Morgan fingerprint density at radius 1 is 0.694 bits per heavy atom. The first-order valence-corrected chi connectivity index (χ1v) is 15.5. The number of ether oxygens (including phenoxy) is 4. The molecule has 1 aliphatic heterocycles. The third kappa shape index (κ3) is 8.66. The molecule has 0 N–H and O–H groups in total. The van der Waals surface area contributed by atoms with Gasteiger partial charge in [-0.05, 0) is 54.5 Å². The molecule has 15 heteroatoms. The van der Waals surface area contributed by atoms with Crippen molar-refractivity contribution in [1.82, 2.24) is 0 Å². The summed E-state index contributed by atoms with van der Waals surface area (Å²) >= 11 is 0. The Morgan fingerprint density at radius 2 is 1.24 bits per heavy atom. The van der Waals surface area contributed by atoms with E-state index < -0.39 is 76.1 Å². The van der Waals surface area contributed by atoms with Crippen molar-refractivity contribution in [3.8, 4) is 16.9 Å². The monoisotopic (exact) mass is 712 g/mol. The highest BCUT2D eigenvalue weighted by molar-refractivity contribution is 5.66. The van der Waals surface area contributed by atoms with Crippen molar-refractivity contribution in [2.24, 2.45) is 17.8 Å². The lowest BCUT2D eigenvalue weighted by atomic mass is 9.75. The average Bonchev–Trinajstić information content (AvgIpc) is 2.99. The summed E-state index contributed by atoms with van der Waals surface area (Å²) < 4.78 is 172. The van der Waals surface area contributed by atoms with Crippen LogP contribution in [-0.2, 0) is 26.4 Å². The highest BCUT2D eigenvalue weighted by Crippen LogP contribution is 2.42. The molecule has 268 valence electrons. The molecule has 0 atom stereocenters. The number of alkyl halides is 7. The van der Waals surface area contributed by atoms with E-state index in [-0.39, 0.29) is 30.2 Å². The van der Waals surface area contributed by atoms with Gasteiger partial charge in [-0.2, -0.15) is 17.6 Å². The maximum absolute atomic E-state index is 15.0. The molecule has 1 aliphatic carbocycles. The van der Waals surface area contributed by atoms with E-state index in [1.165, 1.54) is 37.8 Å². The molecular weight excluding hydrogens is 681 g/mol. The summed E-state index contributed by atoms with van der Waals surface area (Å²) in [6.45, 7) is 3.11. The van der Waals surface area contributed by atoms with Gasteiger partial charge in [0.1, 0.15) is 34.6 Å². The highest BCUT2D eigenvalue weighted by Gasteiger charge is 2.49. The van der Waals surface area contributed by atoms with Gasteiger partial charge in [-0.15, -0.1) is 13.2 Å². The summed E-state index contributed by atoms with van der Waals surface area (Å²) in [6.07, 6.45) is -9.44. The molecular formula is C34H31F11O4. The molecule has 1 heterocycles. The molecule has 2 aliphatic rings. The van der Waals surface area contributed by atoms with E-state index in [1.54, 1.807) is 0 Å². The van der Waals surface area contributed by atoms with Crippen LogP contribution in [0.2, 0.25) is 0 Å². The Kier molecular flexibility index (Phi) is 10.9. The smallest absolute Gasteiger partial charge is 0.429 e. The van der Waals surface area contributed by atoms with Crippen molar-refractivity contribution in [1.29, 1.82) is 0 Å². The predicted octanol–water partition coefficient (Wildman–Crippen LogP) is 10.9. The van der Waals surface area contributed by atoms with Gasteiger partial charge in [-0.3, -0.25) is 0 Å². The number of hydrogen-bond donors (Lipinski definition) is 0. The van der Waals surface area contributed by atoms with Gasteiger partial charge in [0.2, 0.25) is 0 Å². The first-order valence-electron chi connectivity index (χ1n) is 15.5. The maximum atomic E-state index is 15.0. The van der Waals surface area contributed by atoms with Gasteiger partial charge < -0.3 is 14.2 Å². The summed E-state index contributed by atoms with van der Waals surface area (Å²) in [7, 11) is 0. The Bertz CT molecular complexity index is 1550. The third-order valence-corrected chi connectivity index (χ3v) is 8.82. The fraction of sp³-hybridized carbons (Fsp3) is 0.471. The number of benzene rings is 3. The largest absolute Gasteiger partial charge is 0.527 e. The lowest BCUT2D eigenvalue weighted by Gasteiger charge is -2.37. The van der Waals surface area contributed by atoms with Crippen LogP contribution in [0.5, 0.6) is 5.75 Å². The van der Waals surface area contributed by atoms with Crippen molar-refractivity contribution in [3.05, 3.63) is 88.5 Å². The van der Waals surface area contributed by atoms with Gasteiger partial charge in [0.15, 0.2) is 6.29 Å². The number of halogens is 11. The van der Waals surface area contributed by atoms with E-state index in [9.17, 15) is 39.5 Å². The van der Waals surface area contributed by atoms with Crippen LogP contribution in [0.3, 0.4) is 0 Å². The standard InChI is InChI=1S/C34H31F11O4/c1-2-3-18-4-6-19(7-5-18)22-16-46-31(47-17-22)20-8-10-23(11-9-20)32(39,40)48-24-14-25(35)29(26(36)15-24)21-12-27(37)30(28(38)13-21)33(41,42)49-34(43,44)45/h8-15,18-19,22,31H,2-7,16-17H2,1H3. The van der Waals surface area contributed by atoms with Crippen molar-refractivity contribution in [2.75, 3.05) is 13.2 Å². The zero-order valence-corrected chi connectivity index (χ0v) is 25.9. The minimum atomic E-state index is -5.99. The normalized spacial score (nSPS) is 22.3. The van der Waals surface area contributed by atoms with Crippen LogP contribution < -0.4 is 4.74 Å². The second-order valence-corrected chi connectivity index (χ2v) is 12.2. The summed E-state index contributed by atoms with van der Waals surface area (Å²) in [5, 5.41) is 0. The molecule has 0 bridgehead atoms. The fourth-order valence-corrected chi connectivity index (χ4v) is 6.46. The molecule has 1 saturated heterocycles. The van der Waals surface area contributed by atoms with E-state index in [1.807, 2.05) is 0 Å². The van der Waals surface area contributed by atoms with Gasteiger partial charge >= 0.3 is 18.6 Å². The Morgan fingerprint density at radius 3 is 1.76 bits per heavy atom. The topological polar surface area (TPSA) is 36.9 Å². The van der Waals surface area contributed by atoms with E-state index in [4.69, 9.17) is 9.47 Å². The number of hydrogen-bond acceptors (Lipinski definition) is 4.